The number of carbonyl (C=O) groups excluding carboxylic acids is 1. The first kappa shape index (κ1) is 12.8. The van der Waals surface area contributed by atoms with Crippen LogP contribution in [0.4, 0.5) is 5.82 Å². The van der Waals surface area contributed by atoms with E-state index in [4.69, 9.17) is 4.74 Å². The number of aromatic nitrogens is 2. The van der Waals surface area contributed by atoms with Crippen molar-refractivity contribution in [3.8, 4) is 0 Å². The number of anilines is 1. The summed E-state index contributed by atoms with van der Waals surface area (Å²) in [5.41, 5.74) is 0. The molecule has 0 saturated carbocycles. The standard InChI is InChI=1S/C13H19N3O2/c1-9(2)12-14-7-6-11(15-12)16-8-4-5-10(16)13(17)18-3/h6-7,9-10H,4-5,8H2,1-3H3/t10-/m0/s1. The second-order valence-electron chi connectivity index (χ2n) is 4.80. The second-order valence-corrected chi connectivity index (χ2v) is 4.80. The van der Waals surface area contributed by atoms with Crippen molar-refractivity contribution in [1.82, 2.24) is 9.97 Å². The van der Waals surface area contributed by atoms with E-state index in [0.717, 1.165) is 31.0 Å². The van der Waals surface area contributed by atoms with E-state index in [0.29, 0.717) is 0 Å². The molecule has 2 heterocycles. The van der Waals surface area contributed by atoms with Gasteiger partial charge >= 0.3 is 5.97 Å². The Labute approximate surface area is 107 Å². The molecule has 18 heavy (non-hydrogen) atoms. The molecular weight excluding hydrogens is 230 g/mol. The molecule has 0 radical (unpaired) electrons. The van der Waals surface area contributed by atoms with E-state index in [1.165, 1.54) is 7.11 Å². The monoisotopic (exact) mass is 249 g/mol. The SMILES string of the molecule is COC(=O)[C@@H]1CCCN1c1ccnc(C(C)C)n1. The second kappa shape index (κ2) is 5.33. The van der Waals surface area contributed by atoms with Gasteiger partial charge in [0.1, 0.15) is 17.7 Å². The Bertz CT molecular complexity index is 434. The fraction of sp³-hybridized carbons (Fsp3) is 0.615. The number of nitrogens with zero attached hydrogens (tertiary/aromatic N) is 3. The minimum Gasteiger partial charge on any atom is -0.467 e. The lowest BCUT2D eigenvalue weighted by molar-refractivity contribution is -0.141. The van der Waals surface area contributed by atoms with Crippen molar-refractivity contribution >= 4 is 11.8 Å². The third-order valence-electron chi connectivity index (χ3n) is 3.20. The fourth-order valence-corrected chi connectivity index (χ4v) is 2.22. The predicted octanol–water partition coefficient (Wildman–Crippen LogP) is 1.74. The molecule has 2 rings (SSSR count). The van der Waals surface area contributed by atoms with E-state index in [1.54, 1.807) is 6.20 Å². The summed E-state index contributed by atoms with van der Waals surface area (Å²) in [5.74, 6) is 1.73. The summed E-state index contributed by atoms with van der Waals surface area (Å²) in [5, 5.41) is 0. The number of rotatable bonds is 3. The Morgan fingerprint density at radius 1 is 1.56 bits per heavy atom. The maximum atomic E-state index is 11.7. The van der Waals surface area contributed by atoms with Crippen LogP contribution in [0.5, 0.6) is 0 Å². The molecule has 0 aliphatic carbocycles. The van der Waals surface area contributed by atoms with Gasteiger partial charge in [-0.2, -0.15) is 0 Å². The average molecular weight is 249 g/mol. The topological polar surface area (TPSA) is 55.3 Å². The largest absolute Gasteiger partial charge is 0.467 e. The van der Waals surface area contributed by atoms with Crippen molar-refractivity contribution < 1.29 is 9.53 Å². The summed E-state index contributed by atoms with van der Waals surface area (Å²) >= 11 is 0. The van der Waals surface area contributed by atoms with Gasteiger partial charge < -0.3 is 9.64 Å². The maximum absolute atomic E-state index is 11.7. The smallest absolute Gasteiger partial charge is 0.328 e. The van der Waals surface area contributed by atoms with Gasteiger partial charge in [0.2, 0.25) is 0 Å². The molecule has 0 spiro atoms. The van der Waals surface area contributed by atoms with Crippen LogP contribution in [0.1, 0.15) is 38.4 Å². The Morgan fingerprint density at radius 2 is 2.33 bits per heavy atom. The van der Waals surface area contributed by atoms with Crippen molar-refractivity contribution in [2.75, 3.05) is 18.6 Å². The third-order valence-corrected chi connectivity index (χ3v) is 3.20. The van der Waals surface area contributed by atoms with Gasteiger partial charge in [-0.05, 0) is 18.9 Å². The molecule has 1 saturated heterocycles. The van der Waals surface area contributed by atoms with Crippen LogP contribution in [0, 0.1) is 0 Å². The quantitative estimate of drug-likeness (QED) is 0.764. The first-order chi connectivity index (χ1) is 8.63. The lowest BCUT2D eigenvalue weighted by Gasteiger charge is -2.24. The van der Waals surface area contributed by atoms with Crippen LogP contribution in [0.2, 0.25) is 0 Å². The first-order valence-electron chi connectivity index (χ1n) is 6.31. The van der Waals surface area contributed by atoms with Crippen molar-refractivity contribution in [2.45, 2.75) is 38.6 Å². The molecule has 1 aromatic heterocycles. The van der Waals surface area contributed by atoms with E-state index in [1.807, 2.05) is 11.0 Å². The van der Waals surface area contributed by atoms with Crippen LogP contribution < -0.4 is 4.90 Å². The third kappa shape index (κ3) is 2.44. The number of ether oxygens (including phenoxy) is 1. The first-order valence-corrected chi connectivity index (χ1v) is 6.31. The van der Waals surface area contributed by atoms with Gasteiger partial charge in [0, 0.05) is 18.7 Å². The van der Waals surface area contributed by atoms with Gasteiger partial charge in [-0.15, -0.1) is 0 Å². The van der Waals surface area contributed by atoms with Crippen LogP contribution in [-0.4, -0.2) is 35.6 Å². The van der Waals surface area contributed by atoms with Crippen LogP contribution in [0.3, 0.4) is 0 Å². The summed E-state index contributed by atoms with van der Waals surface area (Å²) in [7, 11) is 1.43. The minimum atomic E-state index is -0.204. The molecule has 0 unspecified atom stereocenters. The highest BCUT2D eigenvalue weighted by Crippen LogP contribution is 2.25. The summed E-state index contributed by atoms with van der Waals surface area (Å²) in [6.45, 7) is 4.95. The van der Waals surface area contributed by atoms with Crippen LogP contribution in [0.25, 0.3) is 0 Å². The zero-order valence-electron chi connectivity index (χ0n) is 11.1. The molecule has 98 valence electrons. The number of carbonyl (C=O) groups is 1. The molecule has 1 aromatic rings. The molecular formula is C13H19N3O2. The Balaban J connectivity index is 2.24. The lowest BCUT2D eigenvalue weighted by atomic mass is 10.2. The zero-order chi connectivity index (χ0) is 13.1. The number of hydrogen-bond donors (Lipinski definition) is 0. The molecule has 1 aliphatic rings. The molecule has 5 heteroatoms. The van der Waals surface area contributed by atoms with E-state index in [2.05, 4.69) is 23.8 Å². The molecule has 5 nitrogen and oxygen atoms in total. The van der Waals surface area contributed by atoms with Crippen molar-refractivity contribution in [3.63, 3.8) is 0 Å². The maximum Gasteiger partial charge on any atom is 0.328 e. The van der Waals surface area contributed by atoms with Gasteiger partial charge in [-0.25, -0.2) is 14.8 Å². The van der Waals surface area contributed by atoms with E-state index < -0.39 is 0 Å². The van der Waals surface area contributed by atoms with Gasteiger partial charge in [0.25, 0.3) is 0 Å². The number of hydrogen-bond acceptors (Lipinski definition) is 5. The Morgan fingerprint density at radius 3 is 3.00 bits per heavy atom. The average Bonchev–Trinajstić information content (AvgIpc) is 2.87. The van der Waals surface area contributed by atoms with Gasteiger partial charge in [-0.1, -0.05) is 13.8 Å². The van der Waals surface area contributed by atoms with E-state index in [-0.39, 0.29) is 17.9 Å². The van der Waals surface area contributed by atoms with Crippen LogP contribution in [-0.2, 0) is 9.53 Å². The Hall–Kier alpha value is -1.65. The number of esters is 1. The molecule has 1 atom stereocenters. The molecule has 0 amide bonds. The van der Waals surface area contributed by atoms with Crippen LogP contribution in [0.15, 0.2) is 12.3 Å². The molecule has 1 aliphatic heterocycles. The van der Waals surface area contributed by atoms with Gasteiger partial charge in [-0.3, -0.25) is 0 Å². The van der Waals surface area contributed by atoms with Crippen molar-refractivity contribution in [2.24, 2.45) is 0 Å². The van der Waals surface area contributed by atoms with E-state index in [9.17, 15) is 4.79 Å². The normalized spacial score (nSPS) is 19.3. The van der Waals surface area contributed by atoms with Gasteiger partial charge in [0.05, 0.1) is 7.11 Å². The molecule has 0 bridgehead atoms. The van der Waals surface area contributed by atoms with Gasteiger partial charge in [0.15, 0.2) is 0 Å². The Kier molecular flexibility index (Phi) is 3.79. The highest BCUT2D eigenvalue weighted by molar-refractivity contribution is 5.80. The van der Waals surface area contributed by atoms with Crippen molar-refractivity contribution in [1.29, 1.82) is 0 Å². The number of methoxy groups -OCH3 is 1. The predicted molar refractivity (Wildman–Crippen MR) is 68.5 cm³/mol. The molecule has 0 aromatic carbocycles. The van der Waals surface area contributed by atoms with Crippen molar-refractivity contribution in [3.05, 3.63) is 18.1 Å². The molecule has 0 N–H and O–H groups in total. The summed E-state index contributed by atoms with van der Waals surface area (Å²) in [6.07, 6.45) is 3.57. The minimum absolute atomic E-state index is 0.183. The zero-order valence-corrected chi connectivity index (χ0v) is 11.1. The molecule has 1 fully saturated rings. The van der Waals surface area contributed by atoms with Crippen LogP contribution >= 0.6 is 0 Å². The summed E-state index contributed by atoms with van der Waals surface area (Å²) in [6, 6.07) is 1.65. The summed E-state index contributed by atoms with van der Waals surface area (Å²) in [4.78, 5) is 22.5. The van der Waals surface area contributed by atoms with E-state index >= 15 is 0 Å². The summed E-state index contributed by atoms with van der Waals surface area (Å²) < 4.78 is 4.84. The highest BCUT2D eigenvalue weighted by Gasteiger charge is 2.32. The lowest BCUT2D eigenvalue weighted by Crippen LogP contribution is -2.37. The highest BCUT2D eigenvalue weighted by atomic mass is 16.5. The fourth-order valence-electron chi connectivity index (χ4n) is 2.22.